The van der Waals surface area contributed by atoms with Gasteiger partial charge in [-0.05, 0) is 44.1 Å². The lowest BCUT2D eigenvalue weighted by molar-refractivity contribution is 0.299. The molecule has 66 valence electrons. The van der Waals surface area contributed by atoms with Gasteiger partial charge in [-0.15, -0.1) is 11.7 Å². The van der Waals surface area contributed by atoms with Gasteiger partial charge < -0.3 is 5.73 Å². The topological polar surface area (TPSA) is 26.0 Å². The molecule has 0 saturated heterocycles. The summed E-state index contributed by atoms with van der Waals surface area (Å²) in [5.41, 5.74) is 5.60. The Kier molecular flexibility index (Phi) is 4.72. The lowest BCUT2D eigenvalue weighted by Gasteiger charge is -2.26. The highest BCUT2D eigenvalue weighted by molar-refractivity contribution is 8.68. The van der Waals surface area contributed by atoms with Crippen molar-refractivity contribution in [1.29, 1.82) is 0 Å². The first-order chi connectivity index (χ1) is 5.36. The Morgan fingerprint density at radius 1 is 1.18 bits per heavy atom. The Labute approximate surface area is 78.3 Å². The van der Waals surface area contributed by atoms with Gasteiger partial charge in [0.15, 0.2) is 0 Å². The fourth-order valence-corrected chi connectivity index (χ4v) is 2.92. The second-order valence-corrected chi connectivity index (χ2v) is 4.78. The molecule has 1 rings (SSSR count). The van der Waals surface area contributed by atoms with E-state index < -0.39 is 0 Å². The Balaban J connectivity index is 2.14. The molecule has 1 aliphatic rings. The molecule has 0 unspecified atom stereocenters. The number of rotatable bonds is 3. The van der Waals surface area contributed by atoms with E-state index in [4.69, 9.17) is 5.73 Å². The van der Waals surface area contributed by atoms with Crippen LogP contribution in [0.25, 0.3) is 0 Å². The quantitative estimate of drug-likeness (QED) is 0.529. The standard InChI is InChI=1S/C8H17NS2/c9-5-7-1-3-8(4-2-7)6-11-10/h7-8,10H,1-6,9H2/t7-,8+. The highest BCUT2D eigenvalue weighted by Crippen LogP contribution is 2.30. The summed E-state index contributed by atoms with van der Waals surface area (Å²) in [6.45, 7) is 0.890. The van der Waals surface area contributed by atoms with E-state index in [1.54, 1.807) is 10.8 Å². The summed E-state index contributed by atoms with van der Waals surface area (Å²) in [5, 5.41) is 0. The molecule has 0 radical (unpaired) electrons. The number of hydrogen-bond acceptors (Lipinski definition) is 3. The van der Waals surface area contributed by atoms with Crippen molar-refractivity contribution >= 4 is 22.5 Å². The van der Waals surface area contributed by atoms with Crippen LogP contribution in [0.1, 0.15) is 25.7 Å². The van der Waals surface area contributed by atoms with Gasteiger partial charge in [0.1, 0.15) is 0 Å². The van der Waals surface area contributed by atoms with Crippen LogP contribution < -0.4 is 5.73 Å². The maximum atomic E-state index is 5.60. The van der Waals surface area contributed by atoms with E-state index in [0.717, 1.165) is 18.4 Å². The van der Waals surface area contributed by atoms with Crippen molar-refractivity contribution in [2.75, 3.05) is 12.3 Å². The van der Waals surface area contributed by atoms with Crippen LogP contribution in [0.2, 0.25) is 0 Å². The van der Waals surface area contributed by atoms with Crippen molar-refractivity contribution in [3.63, 3.8) is 0 Å². The van der Waals surface area contributed by atoms with Crippen molar-refractivity contribution in [1.82, 2.24) is 0 Å². The SMILES string of the molecule is NC[C@H]1CC[C@@H](CSS)CC1. The number of nitrogens with two attached hydrogens (primary N) is 1. The first kappa shape index (κ1) is 9.75. The second-order valence-electron chi connectivity index (χ2n) is 3.42. The summed E-state index contributed by atoms with van der Waals surface area (Å²) in [4.78, 5) is 0. The average Bonchev–Trinajstić information content (AvgIpc) is 2.07. The van der Waals surface area contributed by atoms with Crippen molar-refractivity contribution in [3.05, 3.63) is 0 Å². The lowest BCUT2D eigenvalue weighted by atomic mass is 9.83. The molecule has 0 aromatic carbocycles. The molecule has 0 aromatic heterocycles. The fourth-order valence-electron chi connectivity index (χ4n) is 1.74. The molecule has 0 atom stereocenters. The zero-order valence-electron chi connectivity index (χ0n) is 6.83. The molecule has 1 fully saturated rings. The minimum absolute atomic E-state index is 0.816. The van der Waals surface area contributed by atoms with E-state index >= 15 is 0 Å². The van der Waals surface area contributed by atoms with Gasteiger partial charge >= 0.3 is 0 Å². The maximum absolute atomic E-state index is 5.60. The molecular weight excluding hydrogens is 174 g/mol. The van der Waals surface area contributed by atoms with Crippen LogP contribution in [0.15, 0.2) is 0 Å². The van der Waals surface area contributed by atoms with Crippen LogP contribution in [-0.4, -0.2) is 12.3 Å². The molecule has 0 spiro atoms. The molecule has 0 aliphatic heterocycles. The minimum Gasteiger partial charge on any atom is -0.330 e. The third-order valence-electron chi connectivity index (χ3n) is 2.61. The van der Waals surface area contributed by atoms with Gasteiger partial charge in [-0.1, -0.05) is 10.8 Å². The van der Waals surface area contributed by atoms with E-state index in [1.807, 2.05) is 0 Å². The van der Waals surface area contributed by atoms with E-state index in [0.29, 0.717) is 0 Å². The average molecular weight is 191 g/mol. The Morgan fingerprint density at radius 2 is 1.73 bits per heavy atom. The first-order valence-corrected chi connectivity index (χ1v) is 6.37. The Hall–Kier alpha value is 0.660. The molecule has 1 saturated carbocycles. The highest BCUT2D eigenvalue weighted by atomic mass is 33.1. The van der Waals surface area contributed by atoms with E-state index in [-0.39, 0.29) is 0 Å². The predicted molar refractivity (Wildman–Crippen MR) is 55.9 cm³/mol. The van der Waals surface area contributed by atoms with Crippen LogP contribution >= 0.6 is 22.5 Å². The molecule has 2 N–H and O–H groups in total. The summed E-state index contributed by atoms with van der Waals surface area (Å²) in [6.07, 6.45) is 5.43. The highest BCUT2D eigenvalue weighted by Gasteiger charge is 2.19. The molecule has 1 nitrogen and oxygen atoms in total. The molecular formula is C8H17NS2. The Bertz CT molecular complexity index is 100. The van der Waals surface area contributed by atoms with Crippen LogP contribution in [0.4, 0.5) is 0 Å². The molecule has 0 aromatic rings. The number of thiol groups is 1. The summed E-state index contributed by atoms with van der Waals surface area (Å²) in [6, 6.07) is 0. The van der Waals surface area contributed by atoms with Gasteiger partial charge in [0.05, 0.1) is 0 Å². The minimum atomic E-state index is 0.816. The fraction of sp³-hybridized carbons (Fsp3) is 1.00. The molecule has 0 heterocycles. The monoisotopic (exact) mass is 191 g/mol. The predicted octanol–water partition coefficient (Wildman–Crippen LogP) is 2.33. The van der Waals surface area contributed by atoms with Crippen molar-refractivity contribution in [2.45, 2.75) is 25.7 Å². The summed E-state index contributed by atoms with van der Waals surface area (Å²) >= 11 is 4.17. The van der Waals surface area contributed by atoms with Gasteiger partial charge in [0, 0.05) is 5.75 Å². The van der Waals surface area contributed by atoms with Gasteiger partial charge in [0.2, 0.25) is 0 Å². The molecule has 0 bridgehead atoms. The molecule has 0 amide bonds. The summed E-state index contributed by atoms with van der Waals surface area (Å²) < 4.78 is 0. The number of hydrogen-bond donors (Lipinski definition) is 2. The van der Waals surface area contributed by atoms with E-state index in [2.05, 4.69) is 11.7 Å². The third-order valence-corrected chi connectivity index (χ3v) is 3.68. The summed E-state index contributed by atoms with van der Waals surface area (Å²) in [5.74, 6) is 2.96. The first-order valence-electron chi connectivity index (χ1n) is 4.33. The zero-order valence-corrected chi connectivity index (χ0v) is 8.54. The van der Waals surface area contributed by atoms with Crippen LogP contribution in [0.3, 0.4) is 0 Å². The van der Waals surface area contributed by atoms with Crippen LogP contribution in [-0.2, 0) is 0 Å². The van der Waals surface area contributed by atoms with Crippen LogP contribution in [0, 0.1) is 11.8 Å². The molecule has 3 heteroatoms. The van der Waals surface area contributed by atoms with E-state index in [9.17, 15) is 0 Å². The lowest BCUT2D eigenvalue weighted by Crippen LogP contribution is -2.22. The Morgan fingerprint density at radius 3 is 2.18 bits per heavy atom. The normalized spacial score (nSPS) is 32.2. The third kappa shape index (κ3) is 3.26. The van der Waals surface area contributed by atoms with Crippen molar-refractivity contribution < 1.29 is 0 Å². The van der Waals surface area contributed by atoms with Gasteiger partial charge in [0.25, 0.3) is 0 Å². The van der Waals surface area contributed by atoms with Crippen molar-refractivity contribution in [2.24, 2.45) is 17.6 Å². The van der Waals surface area contributed by atoms with Crippen LogP contribution in [0.5, 0.6) is 0 Å². The smallest absolute Gasteiger partial charge is 0.00628 e. The largest absolute Gasteiger partial charge is 0.330 e. The molecule has 1 aliphatic carbocycles. The van der Waals surface area contributed by atoms with Gasteiger partial charge in [-0.2, -0.15) is 0 Å². The van der Waals surface area contributed by atoms with Gasteiger partial charge in [-0.25, -0.2) is 0 Å². The maximum Gasteiger partial charge on any atom is 0.00628 e. The van der Waals surface area contributed by atoms with Crippen molar-refractivity contribution in [3.8, 4) is 0 Å². The second kappa shape index (κ2) is 5.33. The van der Waals surface area contributed by atoms with E-state index in [1.165, 1.54) is 31.4 Å². The van der Waals surface area contributed by atoms with Gasteiger partial charge in [-0.3, -0.25) is 0 Å². The molecule has 11 heavy (non-hydrogen) atoms. The zero-order chi connectivity index (χ0) is 8.10. The summed E-state index contributed by atoms with van der Waals surface area (Å²) in [7, 11) is 1.68.